The van der Waals surface area contributed by atoms with Crippen LogP contribution in [0, 0.1) is 34.5 Å². The van der Waals surface area contributed by atoms with Crippen molar-refractivity contribution in [3.05, 3.63) is 0 Å². The highest BCUT2D eigenvalue weighted by Gasteiger charge is 2.77. The van der Waals surface area contributed by atoms with Gasteiger partial charge in [0.1, 0.15) is 11.5 Å². The molecule has 0 heterocycles. The number of carbonyl (C=O) groups excluding carboxylic acids is 3. The van der Waals surface area contributed by atoms with Gasteiger partial charge in [-0.15, -0.1) is 0 Å². The molecule has 0 aromatic rings. The molecular formula is C25H37FO5. The maximum Gasteiger partial charge on any atom is 0.306 e. The Kier molecular flexibility index (Phi) is 5.24. The van der Waals surface area contributed by atoms with Crippen molar-refractivity contribution in [1.29, 1.82) is 0 Å². The van der Waals surface area contributed by atoms with Gasteiger partial charge in [0.2, 0.25) is 0 Å². The van der Waals surface area contributed by atoms with Crippen LogP contribution < -0.4 is 0 Å². The highest BCUT2D eigenvalue weighted by Crippen LogP contribution is 2.72. The number of ketones is 2. The van der Waals surface area contributed by atoms with Crippen LogP contribution in [0.1, 0.15) is 86.0 Å². The Morgan fingerprint density at radius 2 is 1.87 bits per heavy atom. The van der Waals surface area contributed by atoms with Crippen LogP contribution in [-0.2, 0) is 19.1 Å². The minimum atomic E-state index is -1.80. The van der Waals surface area contributed by atoms with Gasteiger partial charge in [0.15, 0.2) is 11.4 Å². The van der Waals surface area contributed by atoms with Gasteiger partial charge >= 0.3 is 5.97 Å². The van der Waals surface area contributed by atoms with E-state index in [-0.39, 0.29) is 42.2 Å². The van der Waals surface area contributed by atoms with Crippen LogP contribution >= 0.6 is 0 Å². The molecule has 4 saturated carbocycles. The molecule has 31 heavy (non-hydrogen) atoms. The van der Waals surface area contributed by atoms with Crippen LogP contribution in [0.15, 0.2) is 0 Å². The molecule has 0 aromatic heterocycles. The fraction of sp³-hybridized carbons (Fsp3) is 0.880. The van der Waals surface area contributed by atoms with Crippen molar-refractivity contribution in [1.82, 2.24) is 0 Å². The van der Waals surface area contributed by atoms with Crippen molar-refractivity contribution in [2.24, 2.45) is 34.5 Å². The highest BCUT2D eigenvalue weighted by atomic mass is 19.1. The fourth-order valence-electron chi connectivity index (χ4n) is 8.66. The predicted octanol–water partition coefficient (Wildman–Crippen LogP) is 4.19. The third kappa shape index (κ3) is 2.66. The normalized spacial score (nSPS) is 51.5. The quantitative estimate of drug-likeness (QED) is 0.671. The SMILES string of the molecule is CCC(=O)O[C@@]1(C(C)=O)[C@@H](C)C[C@H]2[C@@H]3CC[C@H]4CC(=O)CC[C@]4(C)[C@@]3(F)[C@@H](O)C[C@@]21C. The summed E-state index contributed by atoms with van der Waals surface area (Å²) in [4.78, 5) is 37.6. The maximum absolute atomic E-state index is 17.2. The lowest BCUT2D eigenvalue weighted by Gasteiger charge is -2.65. The Hall–Kier alpha value is -1.30. The number of rotatable bonds is 3. The van der Waals surface area contributed by atoms with Crippen LogP contribution in [-0.4, -0.2) is 40.0 Å². The van der Waals surface area contributed by atoms with E-state index in [4.69, 9.17) is 4.74 Å². The molecule has 0 amide bonds. The zero-order valence-electron chi connectivity index (χ0n) is 19.5. The van der Waals surface area contributed by atoms with Gasteiger partial charge in [0, 0.05) is 36.0 Å². The van der Waals surface area contributed by atoms with E-state index in [1.807, 2.05) is 20.8 Å². The molecule has 0 saturated heterocycles. The number of carbonyl (C=O) groups is 3. The van der Waals surface area contributed by atoms with Crippen molar-refractivity contribution < 1.29 is 28.6 Å². The molecular weight excluding hydrogens is 399 g/mol. The fourth-order valence-corrected chi connectivity index (χ4v) is 8.66. The first-order valence-electron chi connectivity index (χ1n) is 12.0. The summed E-state index contributed by atoms with van der Waals surface area (Å²) in [5, 5.41) is 11.4. The first kappa shape index (κ1) is 22.9. The topological polar surface area (TPSA) is 80.7 Å². The van der Waals surface area contributed by atoms with Crippen molar-refractivity contribution in [2.75, 3.05) is 0 Å². The number of aliphatic hydroxyl groups is 1. The molecule has 0 bridgehead atoms. The second kappa shape index (κ2) is 7.10. The van der Waals surface area contributed by atoms with E-state index < -0.39 is 40.1 Å². The van der Waals surface area contributed by atoms with Crippen LogP contribution in [0.4, 0.5) is 4.39 Å². The van der Waals surface area contributed by atoms with E-state index in [9.17, 15) is 19.5 Å². The lowest BCUT2D eigenvalue weighted by Crippen LogP contribution is -2.71. The van der Waals surface area contributed by atoms with Gasteiger partial charge in [-0.3, -0.25) is 14.4 Å². The number of alkyl halides is 1. The third-order valence-corrected chi connectivity index (χ3v) is 10.2. The third-order valence-electron chi connectivity index (χ3n) is 10.2. The number of fused-ring (bicyclic) bond motifs is 5. The van der Waals surface area contributed by atoms with Gasteiger partial charge < -0.3 is 9.84 Å². The van der Waals surface area contributed by atoms with E-state index in [2.05, 4.69) is 0 Å². The summed E-state index contributed by atoms with van der Waals surface area (Å²) in [6.45, 7) is 8.93. The minimum absolute atomic E-state index is 0.0525. The Bertz CT molecular complexity index is 812. The molecule has 4 rings (SSSR count). The summed E-state index contributed by atoms with van der Waals surface area (Å²) in [5.41, 5.74) is -4.72. The minimum Gasteiger partial charge on any atom is -0.450 e. The van der Waals surface area contributed by atoms with Crippen LogP contribution in [0.3, 0.4) is 0 Å². The largest absolute Gasteiger partial charge is 0.450 e. The van der Waals surface area contributed by atoms with Crippen LogP contribution in [0.5, 0.6) is 0 Å². The monoisotopic (exact) mass is 436 g/mol. The van der Waals surface area contributed by atoms with E-state index in [0.29, 0.717) is 32.1 Å². The molecule has 174 valence electrons. The molecule has 0 aliphatic heterocycles. The average Bonchev–Trinajstić information content (AvgIpc) is 2.91. The summed E-state index contributed by atoms with van der Waals surface area (Å²) in [6, 6.07) is 0. The van der Waals surface area contributed by atoms with Crippen LogP contribution in [0.25, 0.3) is 0 Å². The molecule has 0 spiro atoms. The molecule has 4 fully saturated rings. The Balaban J connectivity index is 1.80. The number of Topliss-reactive ketones (excluding diaryl/α,β-unsaturated/α-hetero) is 2. The molecule has 6 heteroatoms. The number of aliphatic hydroxyl groups excluding tert-OH is 1. The van der Waals surface area contributed by atoms with Crippen molar-refractivity contribution in [3.8, 4) is 0 Å². The van der Waals surface area contributed by atoms with Crippen molar-refractivity contribution in [3.63, 3.8) is 0 Å². The zero-order valence-corrected chi connectivity index (χ0v) is 19.5. The number of hydrogen-bond acceptors (Lipinski definition) is 5. The van der Waals surface area contributed by atoms with E-state index in [1.165, 1.54) is 6.92 Å². The van der Waals surface area contributed by atoms with Gasteiger partial charge in [-0.1, -0.05) is 27.7 Å². The zero-order chi connectivity index (χ0) is 23.0. The summed E-state index contributed by atoms with van der Waals surface area (Å²) in [7, 11) is 0. The Labute approximate surface area is 184 Å². The lowest BCUT2D eigenvalue weighted by molar-refractivity contribution is -0.257. The smallest absolute Gasteiger partial charge is 0.306 e. The second-order valence-corrected chi connectivity index (χ2v) is 11.3. The summed E-state index contributed by atoms with van der Waals surface area (Å²) in [6.07, 6.45) is 2.14. The van der Waals surface area contributed by atoms with Gasteiger partial charge in [-0.25, -0.2) is 4.39 Å². The van der Waals surface area contributed by atoms with E-state index in [0.717, 1.165) is 6.42 Å². The van der Waals surface area contributed by atoms with Crippen molar-refractivity contribution in [2.45, 2.75) is 103 Å². The van der Waals surface area contributed by atoms with E-state index >= 15 is 4.39 Å². The highest BCUT2D eigenvalue weighted by molar-refractivity contribution is 5.89. The molecule has 0 unspecified atom stereocenters. The predicted molar refractivity (Wildman–Crippen MR) is 113 cm³/mol. The maximum atomic E-state index is 17.2. The summed E-state index contributed by atoms with van der Waals surface area (Å²) >= 11 is 0. The molecule has 1 N–H and O–H groups in total. The van der Waals surface area contributed by atoms with Crippen LogP contribution in [0.2, 0.25) is 0 Å². The molecule has 9 atom stereocenters. The number of halogens is 1. The first-order valence-corrected chi connectivity index (χ1v) is 12.0. The molecule has 0 aromatic carbocycles. The molecule has 4 aliphatic rings. The van der Waals surface area contributed by atoms with E-state index in [1.54, 1.807) is 6.92 Å². The van der Waals surface area contributed by atoms with Gasteiger partial charge in [-0.2, -0.15) is 0 Å². The van der Waals surface area contributed by atoms with Crippen molar-refractivity contribution >= 4 is 17.5 Å². The number of hydrogen-bond donors (Lipinski definition) is 1. The lowest BCUT2D eigenvalue weighted by atomic mass is 9.42. The molecule has 0 radical (unpaired) electrons. The molecule has 4 aliphatic carbocycles. The molecule has 5 nitrogen and oxygen atoms in total. The average molecular weight is 437 g/mol. The Morgan fingerprint density at radius 3 is 2.48 bits per heavy atom. The van der Waals surface area contributed by atoms with Gasteiger partial charge in [-0.05, 0) is 56.8 Å². The Morgan fingerprint density at radius 1 is 1.19 bits per heavy atom. The van der Waals surface area contributed by atoms with Gasteiger partial charge in [0.05, 0.1) is 6.10 Å². The number of ether oxygens (including phenoxy) is 1. The summed E-state index contributed by atoms with van der Waals surface area (Å²) in [5.74, 6) is -1.34. The first-order chi connectivity index (χ1) is 14.4. The standard InChI is InChI=1S/C25H37FO5/c1-6-21(30)31-25(15(3)27)14(2)11-19-18-8-7-16-12-17(28)9-10-22(16,4)24(18,26)20(29)13-23(19,25)5/h14,16,18-20,29H,6-13H2,1-5H3/t14-,16-,18-,19-,20-,22-,23-,24-,25+/m0/s1. The summed E-state index contributed by atoms with van der Waals surface area (Å²) < 4.78 is 23.2. The number of esters is 1. The second-order valence-electron chi connectivity index (χ2n) is 11.3. The van der Waals surface area contributed by atoms with Gasteiger partial charge in [0.25, 0.3) is 0 Å².